The SMILES string of the molecule is OC[C@H]1O[C@@H](c2ccc(Cl)c(Cc3ccc(-c4nccs4)cc3)c2)[C@H](O)[C@@H](O)[C@@H]1O. The van der Waals surface area contributed by atoms with Crippen molar-refractivity contribution in [2.45, 2.75) is 36.9 Å². The van der Waals surface area contributed by atoms with Gasteiger partial charge in [0.2, 0.25) is 0 Å². The maximum absolute atomic E-state index is 10.4. The second-order valence-electron chi connectivity index (χ2n) is 7.31. The van der Waals surface area contributed by atoms with Crippen LogP contribution < -0.4 is 0 Å². The van der Waals surface area contributed by atoms with Crippen molar-refractivity contribution < 1.29 is 25.2 Å². The zero-order chi connectivity index (χ0) is 21.3. The smallest absolute Gasteiger partial charge is 0.123 e. The summed E-state index contributed by atoms with van der Waals surface area (Å²) in [6, 6.07) is 13.3. The van der Waals surface area contributed by atoms with Crippen LogP contribution in [0.3, 0.4) is 0 Å². The lowest BCUT2D eigenvalue weighted by Crippen LogP contribution is -2.55. The van der Waals surface area contributed by atoms with Gasteiger partial charge in [0.25, 0.3) is 0 Å². The molecule has 4 rings (SSSR count). The van der Waals surface area contributed by atoms with E-state index < -0.39 is 37.1 Å². The molecule has 2 aromatic carbocycles. The highest BCUT2D eigenvalue weighted by atomic mass is 35.5. The van der Waals surface area contributed by atoms with Gasteiger partial charge in [-0.1, -0.05) is 48.0 Å². The number of benzene rings is 2. The predicted molar refractivity (Wildman–Crippen MR) is 115 cm³/mol. The third kappa shape index (κ3) is 4.29. The molecule has 1 fully saturated rings. The van der Waals surface area contributed by atoms with E-state index >= 15 is 0 Å². The molecule has 2 heterocycles. The first-order valence-corrected chi connectivity index (χ1v) is 10.8. The second-order valence-corrected chi connectivity index (χ2v) is 8.61. The van der Waals surface area contributed by atoms with E-state index in [2.05, 4.69) is 4.98 Å². The lowest BCUT2D eigenvalue weighted by atomic mass is 9.90. The maximum atomic E-state index is 10.4. The van der Waals surface area contributed by atoms with E-state index in [0.29, 0.717) is 17.0 Å². The number of rotatable bonds is 5. The van der Waals surface area contributed by atoms with E-state index in [1.165, 1.54) is 0 Å². The summed E-state index contributed by atoms with van der Waals surface area (Å²) >= 11 is 7.98. The molecule has 8 heteroatoms. The van der Waals surface area contributed by atoms with E-state index in [1.54, 1.807) is 29.7 Å². The molecular formula is C22H22ClNO5S. The van der Waals surface area contributed by atoms with Crippen LogP contribution in [0.15, 0.2) is 54.0 Å². The number of hydrogen-bond acceptors (Lipinski definition) is 7. The highest BCUT2D eigenvalue weighted by Gasteiger charge is 2.44. The summed E-state index contributed by atoms with van der Waals surface area (Å²) < 4.78 is 5.66. The summed E-state index contributed by atoms with van der Waals surface area (Å²) in [6.07, 6.45) is -3.62. The molecule has 0 amide bonds. The summed E-state index contributed by atoms with van der Waals surface area (Å²) in [6.45, 7) is -0.465. The third-order valence-electron chi connectivity index (χ3n) is 5.32. The van der Waals surface area contributed by atoms with Crippen LogP contribution >= 0.6 is 22.9 Å². The Morgan fingerprint density at radius 2 is 1.77 bits per heavy atom. The third-order valence-corrected chi connectivity index (χ3v) is 6.51. The Labute approximate surface area is 183 Å². The normalized spacial score (nSPS) is 26.6. The van der Waals surface area contributed by atoms with Crippen molar-refractivity contribution in [1.82, 2.24) is 4.98 Å². The molecule has 3 aromatic rings. The van der Waals surface area contributed by atoms with E-state index in [1.807, 2.05) is 35.7 Å². The van der Waals surface area contributed by atoms with E-state index in [4.69, 9.17) is 16.3 Å². The van der Waals surface area contributed by atoms with Gasteiger partial charge in [0, 0.05) is 22.2 Å². The van der Waals surface area contributed by atoms with Gasteiger partial charge in [0.05, 0.1) is 6.61 Å². The first-order chi connectivity index (χ1) is 14.5. The Hall–Kier alpha value is -1.84. The van der Waals surface area contributed by atoms with Crippen LogP contribution in [0.25, 0.3) is 10.6 Å². The Bertz CT molecular complexity index is 980. The van der Waals surface area contributed by atoms with Gasteiger partial charge in [-0.3, -0.25) is 0 Å². The van der Waals surface area contributed by atoms with Crippen LogP contribution in [0.2, 0.25) is 5.02 Å². The summed E-state index contributed by atoms with van der Waals surface area (Å²) in [4.78, 5) is 4.31. The number of aliphatic hydroxyl groups excluding tert-OH is 4. The fourth-order valence-electron chi connectivity index (χ4n) is 3.64. The minimum absolute atomic E-state index is 0.465. The van der Waals surface area contributed by atoms with Crippen molar-refractivity contribution in [1.29, 1.82) is 0 Å². The van der Waals surface area contributed by atoms with Crippen molar-refractivity contribution in [2.24, 2.45) is 0 Å². The number of nitrogens with zero attached hydrogens (tertiary/aromatic N) is 1. The largest absolute Gasteiger partial charge is 0.394 e. The monoisotopic (exact) mass is 447 g/mol. The van der Waals surface area contributed by atoms with Crippen LogP contribution in [0.5, 0.6) is 0 Å². The highest BCUT2D eigenvalue weighted by molar-refractivity contribution is 7.13. The summed E-state index contributed by atoms with van der Waals surface area (Å²) in [5.74, 6) is 0. The van der Waals surface area contributed by atoms with Crippen molar-refractivity contribution in [3.8, 4) is 10.6 Å². The van der Waals surface area contributed by atoms with Gasteiger partial charge in [-0.15, -0.1) is 11.3 Å². The average molecular weight is 448 g/mol. The molecule has 0 radical (unpaired) electrons. The number of thiazole rings is 1. The number of ether oxygens (including phenoxy) is 1. The van der Waals surface area contributed by atoms with Gasteiger partial charge < -0.3 is 25.2 Å². The van der Waals surface area contributed by atoms with E-state index in [9.17, 15) is 20.4 Å². The van der Waals surface area contributed by atoms with Crippen molar-refractivity contribution in [2.75, 3.05) is 6.61 Å². The molecule has 1 aliphatic rings. The fraction of sp³-hybridized carbons (Fsp3) is 0.318. The second kappa shape index (κ2) is 9.11. The molecule has 6 nitrogen and oxygen atoms in total. The summed E-state index contributed by atoms with van der Waals surface area (Å²) in [7, 11) is 0. The first kappa shape index (κ1) is 21.4. The molecule has 0 saturated carbocycles. The Morgan fingerprint density at radius 1 is 1.00 bits per heavy atom. The van der Waals surface area contributed by atoms with Crippen LogP contribution in [-0.2, 0) is 11.2 Å². The van der Waals surface area contributed by atoms with Crippen molar-refractivity contribution in [3.05, 3.63) is 75.8 Å². The van der Waals surface area contributed by atoms with Gasteiger partial charge in [-0.2, -0.15) is 0 Å². The van der Waals surface area contributed by atoms with Crippen LogP contribution in [0, 0.1) is 0 Å². The average Bonchev–Trinajstić information content (AvgIpc) is 3.30. The lowest BCUT2D eigenvalue weighted by Gasteiger charge is -2.40. The number of hydrogen-bond donors (Lipinski definition) is 4. The first-order valence-electron chi connectivity index (χ1n) is 9.55. The molecule has 0 aliphatic carbocycles. The molecule has 1 aromatic heterocycles. The topological polar surface area (TPSA) is 103 Å². The Kier molecular flexibility index (Phi) is 6.50. The molecule has 0 spiro atoms. The minimum atomic E-state index is -1.42. The Balaban J connectivity index is 1.56. The van der Waals surface area contributed by atoms with Gasteiger partial charge in [-0.25, -0.2) is 4.98 Å². The van der Waals surface area contributed by atoms with Gasteiger partial charge in [-0.05, 0) is 29.2 Å². The summed E-state index contributed by atoms with van der Waals surface area (Å²) in [5, 5.41) is 43.3. The van der Waals surface area contributed by atoms with E-state index in [-0.39, 0.29) is 0 Å². The zero-order valence-corrected chi connectivity index (χ0v) is 17.5. The minimum Gasteiger partial charge on any atom is -0.394 e. The number of halogens is 1. The molecule has 30 heavy (non-hydrogen) atoms. The van der Waals surface area contributed by atoms with Crippen LogP contribution in [0.1, 0.15) is 22.8 Å². The highest BCUT2D eigenvalue weighted by Crippen LogP contribution is 2.34. The fourth-order valence-corrected chi connectivity index (χ4v) is 4.46. The zero-order valence-electron chi connectivity index (χ0n) is 15.9. The number of aromatic nitrogens is 1. The van der Waals surface area contributed by atoms with Gasteiger partial charge in [0.15, 0.2) is 0 Å². The van der Waals surface area contributed by atoms with Crippen molar-refractivity contribution >= 4 is 22.9 Å². The molecule has 0 bridgehead atoms. The van der Waals surface area contributed by atoms with E-state index in [0.717, 1.165) is 21.7 Å². The Morgan fingerprint density at radius 3 is 2.43 bits per heavy atom. The predicted octanol–water partition coefficient (Wildman–Crippen LogP) is 2.57. The molecule has 1 aliphatic heterocycles. The molecule has 4 N–H and O–H groups in total. The summed E-state index contributed by atoms with van der Waals surface area (Å²) in [5.41, 5.74) is 3.57. The standard InChI is InChI=1S/C22H22ClNO5S/c23-16-6-5-14(21-20(28)19(27)18(26)17(11-25)29-21)10-15(16)9-12-1-3-13(4-2-12)22-24-7-8-30-22/h1-8,10,17-21,25-28H,9,11H2/t17-,18-,19+,20-,21+/m1/s1. The molecule has 5 atom stereocenters. The van der Waals surface area contributed by atoms with Gasteiger partial charge in [0.1, 0.15) is 35.5 Å². The quantitative estimate of drug-likeness (QED) is 0.479. The molecule has 1 saturated heterocycles. The molecule has 0 unspecified atom stereocenters. The lowest BCUT2D eigenvalue weighted by molar-refractivity contribution is -0.231. The maximum Gasteiger partial charge on any atom is 0.123 e. The van der Waals surface area contributed by atoms with Crippen LogP contribution in [0.4, 0.5) is 0 Å². The van der Waals surface area contributed by atoms with Crippen molar-refractivity contribution in [3.63, 3.8) is 0 Å². The molecule has 158 valence electrons. The number of aliphatic hydroxyl groups is 4. The van der Waals surface area contributed by atoms with Crippen LogP contribution in [-0.4, -0.2) is 56.4 Å². The van der Waals surface area contributed by atoms with Gasteiger partial charge >= 0.3 is 0 Å². The molecular weight excluding hydrogens is 426 g/mol.